The first-order chi connectivity index (χ1) is 12.4. The van der Waals surface area contributed by atoms with E-state index in [1.165, 1.54) is 5.01 Å². The minimum Gasteiger partial charge on any atom is -0.465 e. The molecule has 0 spiro atoms. The van der Waals surface area contributed by atoms with E-state index in [-0.39, 0.29) is 24.4 Å². The molecule has 0 aliphatic carbocycles. The van der Waals surface area contributed by atoms with Crippen LogP contribution in [0.4, 0.5) is 19.3 Å². The van der Waals surface area contributed by atoms with Crippen LogP contribution in [-0.2, 0) is 11.2 Å². The number of halogens is 2. The second-order valence-corrected chi connectivity index (χ2v) is 5.75. The van der Waals surface area contributed by atoms with Crippen molar-refractivity contribution in [1.82, 2.24) is 5.01 Å². The molecule has 2 aromatic rings. The average Bonchev–Trinajstić information content (AvgIpc) is 3.07. The van der Waals surface area contributed by atoms with Gasteiger partial charge in [-0.25, -0.2) is 18.6 Å². The van der Waals surface area contributed by atoms with E-state index in [9.17, 15) is 18.4 Å². The Kier molecular flexibility index (Phi) is 4.92. The van der Waals surface area contributed by atoms with E-state index < -0.39 is 17.7 Å². The van der Waals surface area contributed by atoms with Crippen LogP contribution in [0.3, 0.4) is 0 Å². The summed E-state index contributed by atoms with van der Waals surface area (Å²) in [6.07, 6.45) is -0.857. The number of benzene rings is 2. The Balaban J connectivity index is 1.72. The Morgan fingerprint density at radius 1 is 1.19 bits per heavy atom. The Bertz CT molecular complexity index is 899. The third-order valence-corrected chi connectivity index (χ3v) is 3.86. The first-order valence-electron chi connectivity index (χ1n) is 7.84. The zero-order valence-electron chi connectivity index (χ0n) is 13.6. The molecule has 1 heterocycles. The summed E-state index contributed by atoms with van der Waals surface area (Å²) in [6, 6.07) is 9.56. The number of amides is 2. The summed E-state index contributed by atoms with van der Waals surface area (Å²) in [5, 5.41) is 16.3. The summed E-state index contributed by atoms with van der Waals surface area (Å²) in [5.74, 6) is -1.48. The maximum absolute atomic E-state index is 13.8. The number of hydrazone groups is 1. The summed E-state index contributed by atoms with van der Waals surface area (Å²) in [6.45, 7) is 0.275. The molecule has 0 atom stereocenters. The van der Waals surface area contributed by atoms with Gasteiger partial charge in [0.25, 0.3) is 0 Å². The fraction of sp³-hybridized carbons (Fsp3) is 0.167. The Morgan fingerprint density at radius 3 is 2.77 bits per heavy atom. The predicted molar refractivity (Wildman–Crippen MR) is 91.0 cm³/mol. The van der Waals surface area contributed by atoms with Crippen molar-refractivity contribution in [3.63, 3.8) is 0 Å². The maximum atomic E-state index is 13.8. The van der Waals surface area contributed by atoms with Gasteiger partial charge in [-0.1, -0.05) is 12.1 Å². The fourth-order valence-corrected chi connectivity index (χ4v) is 2.69. The van der Waals surface area contributed by atoms with Crippen LogP contribution in [0.5, 0.6) is 0 Å². The lowest BCUT2D eigenvalue weighted by Crippen LogP contribution is -2.25. The van der Waals surface area contributed by atoms with Crippen LogP contribution in [0.1, 0.15) is 17.5 Å². The van der Waals surface area contributed by atoms with Crippen molar-refractivity contribution < 1.29 is 23.5 Å². The van der Waals surface area contributed by atoms with Crippen LogP contribution in [0.25, 0.3) is 0 Å². The van der Waals surface area contributed by atoms with Crippen molar-refractivity contribution in [2.45, 2.75) is 12.8 Å². The molecular weight excluding hydrogens is 344 g/mol. The Hall–Kier alpha value is -3.29. The summed E-state index contributed by atoms with van der Waals surface area (Å²) >= 11 is 0. The monoisotopic (exact) mass is 359 g/mol. The lowest BCUT2D eigenvalue weighted by Gasteiger charge is -2.12. The highest BCUT2D eigenvalue weighted by molar-refractivity contribution is 6.03. The van der Waals surface area contributed by atoms with Crippen molar-refractivity contribution in [3.8, 4) is 0 Å². The predicted octanol–water partition coefficient (Wildman–Crippen LogP) is 3.23. The van der Waals surface area contributed by atoms with E-state index in [0.29, 0.717) is 23.4 Å². The first kappa shape index (κ1) is 17.5. The van der Waals surface area contributed by atoms with Gasteiger partial charge in [0.15, 0.2) is 0 Å². The number of anilines is 1. The van der Waals surface area contributed by atoms with Gasteiger partial charge in [-0.3, -0.25) is 10.1 Å². The molecule has 2 amide bonds. The fourth-order valence-electron chi connectivity index (χ4n) is 2.69. The highest BCUT2D eigenvalue weighted by Gasteiger charge is 2.23. The molecule has 0 radical (unpaired) electrons. The second kappa shape index (κ2) is 7.30. The second-order valence-electron chi connectivity index (χ2n) is 5.75. The number of rotatable bonds is 4. The molecule has 134 valence electrons. The van der Waals surface area contributed by atoms with Gasteiger partial charge in [0.2, 0.25) is 5.91 Å². The van der Waals surface area contributed by atoms with E-state index in [1.807, 2.05) is 0 Å². The van der Waals surface area contributed by atoms with Crippen LogP contribution in [0.15, 0.2) is 47.6 Å². The Labute approximate surface area is 147 Å². The van der Waals surface area contributed by atoms with Gasteiger partial charge in [0, 0.05) is 17.7 Å². The van der Waals surface area contributed by atoms with Crippen molar-refractivity contribution in [1.29, 1.82) is 0 Å². The zero-order valence-corrected chi connectivity index (χ0v) is 13.6. The molecule has 26 heavy (non-hydrogen) atoms. The van der Waals surface area contributed by atoms with Crippen molar-refractivity contribution in [3.05, 3.63) is 65.2 Å². The van der Waals surface area contributed by atoms with Crippen molar-refractivity contribution in [2.75, 3.05) is 11.9 Å². The van der Waals surface area contributed by atoms with E-state index >= 15 is 0 Å². The third-order valence-electron chi connectivity index (χ3n) is 3.86. The molecule has 2 N–H and O–H groups in total. The normalized spacial score (nSPS) is 13.5. The van der Waals surface area contributed by atoms with Gasteiger partial charge >= 0.3 is 6.09 Å². The van der Waals surface area contributed by atoms with Gasteiger partial charge < -0.3 is 5.11 Å². The lowest BCUT2D eigenvalue weighted by atomic mass is 10.1. The Morgan fingerprint density at radius 2 is 2.00 bits per heavy atom. The molecule has 0 saturated carbocycles. The summed E-state index contributed by atoms with van der Waals surface area (Å²) in [7, 11) is 0. The minimum absolute atomic E-state index is 0.0115. The number of carboxylic acid groups (broad SMARTS) is 1. The van der Waals surface area contributed by atoms with Gasteiger partial charge in [0.1, 0.15) is 11.6 Å². The van der Waals surface area contributed by atoms with E-state index in [1.54, 1.807) is 24.3 Å². The molecule has 8 heteroatoms. The zero-order chi connectivity index (χ0) is 18.7. The molecule has 1 aliphatic rings. The lowest BCUT2D eigenvalue weighted by molar-refractivity contribution is -0.130. The van der Waals surface area contributed by atoms with Crippen LogP contribution in [0, 0.1) is 11.6 Å². The molecule has 0 aromatic heterocycles. The molecule has 0 fully saturated rings. The van der Waals surface area contributed by atoms with E-state index in [2.05, 4.69) is 10.4 Å². The number of nitrogens with one attached hydrogen (secondary N) is 1. The maximum Gasteiger partial charge on any atom is 0.409 e. The smallest absolute Gasteiger partial charge is 0.409 e. The van der Waals surface area contributed by atoms with Gasteiger partial charge in [-0.15, -0.1) is 0 Å². The summed E-state index contributed by atoms with van der Waals surface area (Å²) in [4.78, 5) is 23.1. The molecule has 0 unspecified atom stereocenters. The average molecular weight is 359 g/mol. The van der Waals surface area contributed by atoms with Crippen LogP contribution >= 0.6 is 0 Å². The van der Waals surface area contributed by atoms with Crippen molar-refractivity contribution in [2.24, 2.45) is 5.10 Å². The number of carbonyl (C=O) groups excluding carboxylic acids is 1. The molecule has 6 nitrogen and oxygen atoms in total. The molecule has 1 aliphatic heterocycles. The largest absolute Gasteiger partial charge is 0.465 e. The van der Waals surface area contributed by atoms with Crippen LogP contribution in [0.2, 0.25) is 0 Å². The highest BCUT2D eigenvalue weighted by Crippen LogP contribution is 2.19. The van der Waals surface area contributed by atoms with Crippen LogP contribution < -0.4 is 5.32 Å². The molecular formula is C18H15F2N3O3. The SMILES string of the molecule is O=C(O)Nc1cccc(CC(=O)N2CCC(c3cc(F)ccc3F)=N2)c1. The molecule has 2 aromatic carbocycles. The standard InChI is InChI=1S/C18H15F2N3O3/c19-12-4-5-15(20)14(10-12)16-6-7-23(22-16)17(24)9-11-2-1-3-13(8-11)21-18(25)26/h1-5,8,10,21H,6-7,9H2,(H,25,26). The first-order valence-corrected chi connectivity index (χ1v) is 7.84. The van der Waals surface area contributed by atoms with E-state index in [4.69, 9.17) is 5.11 Å². The van der Waals surface area contributed by atoms with E-state index in [0.717, 1.165) is 18.2 Å². The minimum atomic E-state index is -1.20. The van der Waals surface area contributed by atoms with Crippen LogP contribution in [-0.4, -0.2) is 34.4 Å². The van der Waals surface area contributed by atoms with Gasteiger partial charge in [-0.2, -0.15) is 5.10 Å². The quantitative estimate of drug-likeness (QED) is 0.879. The number of hydrogen-bond acceptors (Lipinski definition) is 3. The highest BCUT2D eigenvalue weighted by atomic mass is 19.1. The summed E-state index contributed by atoms with van der Waals surface area (Å²) in [5.41, 5.74) is 1.33. The topological polar surface area (TPSA) is 82.0 Å². The molecule has 0 bridgehead atoms. The molecule has 0 saturated heterocycles. The number of hydrogen-bond donors (Lipinski definition) is 2. The van der Waals surface area contributed by atoms with Gasteiger partial charge in [0.05, 0.1) is 18.7 Å². The number of carbonyl (C=O) groups is 2. The van der Waals surface area contributed by atoms with Crippen molar-refractivity contribution >= 4 is 23.4 Å². The molecule has 3 rings (SSSR count). The third kappa shape index (κ3) is 4.02. The number of nitrogens with zero attached hydrogens (tertiary/aromatic N) is 2. The van der Waals surface area contributed by atoms with Gasteiger partial charge in [-0.05, 0) is 35.9 Å². The summed E-state index contributed by atoms with van der Waals surface area (Å²) < 4.78 is 27.2.